The second-order valence-corrected chi connectivity index (χ2v) is 6.06. The average molecular weight is 253 g/mol. The van der Waals surface area contributed by atoms with Crippen LogP contribution in [0.3, 0.4) is 0 Å². The molecular formula is C11H15N3S2. The van der Waals surface area contributed by atoms with Gasteiger partial charge in [0, 0.05) is 22.7 Å². The van der Waals surface area contributed by atoms with E-state index in [0.717, 1.165) is 27.8 Å². The van der Waals surface area contributed by atoms with Crippen LogP contribution < -0.4 is 5.73 Å². The summed E-state index contributed by atoms with van der Waals surface area (Å²) in [5.41, 5.74) is 8.04. The number of nitrogens with zero attached hydrogens (tertiary/aromatic N) is 2. The monoisotopic (exact) mass is 253 g/mol. The van der Waals surface area contributed by atoms with Gasteiger partial charge in [-0.25, -0.2) is 9.97 Å². The summed E-state index contributed by atoms with van der Waals surface area (Å²) in [4.78, 5) is 10.2. The summed E-state index contributed by atoms with van der Waals surface area (Å²) >= 11 is 3.38. The molecule has 1 atom stereocenters. The molecule has 0 fully saturated rings. The van der Waals surface area contributed by atoms with E-state index < -0.39 is 0 Å². The highest BCUT2D eigenvalue weighted by Gasteiger charge is 2.12. The maximum absolute atomic E-state index is 5.88. The van der Waals surface area contributed by atoms with Crippen LogP contribution in [0.2, 0.25) is 0 Å². The van der Waals surface area contributed by atoms with E-state index in [1.165, 1.54) is 4.88 Å². The fourth-order valence-electron chi connectivity index (χ4n) is 1.61. The summed E-state index contributed by atoms with van der Waals surface area (Å²) in [6.07, 6.45) is 0.822. The largest absolute Gasteiger partial charge is 0.323 e. The fraction of sp³-hybridized carbons (Fsp3) is 0.455. The molecule has 86 valence electrons. The van der Waals surface area contributed by atoms with Crippen LogP contribution in [0.15, 0.2) is 5.38 Å². The number of aryl methyl sites for hydroxylation is 2. The molecule has 0 aliphatic rings. The van der Waals surface area contributed by atoms with Crippen LogP contribution in [0.25, 0.3) is 0 Å². The number of hydrogen-bond acceptors (Lipinski definition) is 5. The number of aromatic nitrogens is 2. The molecule has 0 spiro atoms. The first-order chi connectivity index (χ1) is 7.56. The lowest BCUT2D eigenvalue weighted by Crippen LogP contribution is -2.03. The van der Waals surface area contributed by atoms with Gasteiger partial charge >= 0.3 is 0 Å². The number of nitrogens with two attached hydrogens (primary N) is 1. The van der Waals surface area contributed by atoms with E-state index in [9.17, 15) is 0 Å². The van der Waals surface area contributed by atoms with Crippen molar-refractivity contribution in [1.82, 2.24) is 9.97 Å². The van der Waals surface area contributed by atoms with Gasteiger partial charge in [-0.15, -0.1) is 22.7 Å². The van der Waals surface area contributed by atoms with E-state index in [2.05, 4.69) is 15.3 Å². The summed E-state index contributed by atoms with van der Waals surface area (Å²) in [6, 6.07) is 0.0726. The zero-order valence-electron chi connectivity index (χ0n) is 9.65. The number of rotatable bonds is 3. The van der Waals surface area contributed by atoms with Crippen molar-refractivity contribution < 1.29 is 0 Å². The van der Waals surface area contributed by atoms with E-state index in [1.807, 2.05) is 20.8 Å². The van der Waals surface area contributed by atoms with Crippen molar-refractivity contribution in [3.8, 4) is 0 Å². The first-order valence-corrected chi connectivity index (χ1v) is 6.88. The van der Waals surface area contributed by atoms with Gasteiger partial charge in [0.05, 0.1) is 21.4 Å². The molecule has 0 aliphatic carbocycles. The Labute approximate surface area is 103 Å². The van der Waals surface area contributed by atoms with E-state index in [0.29, 0.717) is 0 Å². The molecule has 5 heteroatoms. The maximum Gasteiger partial charge on any atom is 0.0991 e. The zero-order chi connectivity index (χ0) is 11.7. The normalized spacial score (nSPS) is 13.0. The molecule has 2 rings (SSSR count). The molecule has 2 aromatic rings. The third-order valence-electron chi connectivity index (χ3n) is 2.29. The van der Waals surface area contributed by atoms with Gasteiger partial charge in [0.15, 0.2) is 0 Å². The van der Waals surface area contributed by atoms with Crippen LogP contribution in [0.4, 0.5) is 0 Å². The molecule has 3 nitrogen and oxygen atoms in total. The van der Waals surface area contributed by atoms with Crippen LogP contribution in [-0.4, -0.2) is 9.97 Å². The maximum atomic E-state index is 5.88. The molecule has 0 amide bonds. The lowest BCUT2D eigenvalue weighted by Gasteiger charge is -1.99. The highest BCUT2D eigenvalue weighted by atomic mass is 32.1. The SMILES string of the molecule is Cc1nc(Cc2nc(C)c(C(C)N)s2)cs1. The lowest BCUT2D eigenvalue weighted by atomic mass is 10.2. The van der Waals surface area contributed by atoms with Crippen molar-refractivity contribution in [2.75, 3.05) is 0 Å². The van der Waals surface area contributed by atoms with Gasteiger partial charge in [-0.1, -0.05) is 0 Å². The molecule has 1 unspecified atom stereocenters. The predicted molar refractivity (Wildman–Crippen MR) is 69.1 cm³/mol. The quantitative estimate of drug-likeness (QED) is 0.915. The molecule has 0 aliphatic heterocycles. The molecule has 2 heterocycles. The minimum Gasteiger partial charge on any atom is -0.323 e. The number of hydrogen-bond donors (Lipinski definition) is 1. The Balaban J connectivity index is 2.19. The minimum absolute atomic E-state index is 0.0726. The molecule has 0 saturated heterocycles. The van der Waals surface area contributed by atoms with Crippen LogP contribution in [0, 0.1) is 13.8 Å². The van der Waals surface area contributed by atoms with Crippen molar-refractivity contribution >= 4 is 22.7 Å². The van der Waals surface area contributed by atoms with Crippen molar-refractivity contribution in [2.45, 2.75) is 33.2 Å². The summed E-state index contributed by atoms with van der Waals surface area (Å²) in [5, 5.41) is 4.31. The van der Waals surface area contributed by atoms with Crippen molar-refractivity contribution in [3.63, 3.8) is 0 Å². The third-order valence-corrected chi connectivity index (χ3v) is 4.47. The smallest absolute Gasteiger partial charge is 0.0991 e. The summed E-state index contributed by atoms with van der Waals surface area (Å²) in [5.74, 6) is 0. The minimum atomic E-state index is 0.0726. The van der Waals surface area contributed by atoms with Crippen LogP contribution in [0.5, 0.6) is 0 Å². The van der Waals surface area contributed by atoms with Gasteiger partial charge in [0.2, 0.25) is 0 Å². The van der Waals surface area contributed by atoms with Crippen LogP contribution in [-0.2, 0) is 6.42 Å². The Bertz CT molecular complexity index is 485. The third kappa shape index (κ3) is 2.48. The van der Waals surface area contributed by atoms with E-state index >= 15 is 0 Å². The Kier molecular flexibility index (Phi) is 3.37. The highest BCUT2D eigenvalue weighted by molar-refractivity contribution is 7.12. The molecule has 2 aromatic heterocycles. The van der Waals surface area contributed by atoms with Gasteiger partial charge in [0.25, 0.3) is 0 Å². The first kappa shape index (κ1) is 11.7. The van der Waals surface area contributed by atoms with Crippen LogP contribution >= 0.6 is 22.7 Å². The zero-order valence-corrected chi connectivity index (χ0v) is 11.3. The van der Waals surface area contributed by atoms with Gasteiger partial charge < -0.3 is 5.73 Å². The second kappa shape index (κ2) is 4.61. The van der Waals surface area contributed by atoms with Gasteiger partial charge in [0.1, 0.15) is 0 Å². The van der Waals surface area contributed by atoms with Gasteiger partial charge in [-0.3, -0.25) is 0 Å². The molecule has 0 aromatic carbocycles. The summed E-state index contributed by atoms with van der Waals surface area (Å²) in [7, 11) is 0. The molecule has 2 N–H and O–H groups in total. The molecule has 0 bridgehead atoms. The average Bonchev–Trinajstić information content (AvgIpc) is 2.73. The summed E-state index contributed by atoms with van der Waals surface area (Å²) < 4.78 is 0. The molecule has 16 heavy (non-hydrogen) atoms. The Hall–Kier alpha value is -0.780. The van der Waals surface area contributed by atoms with Crippen LogP contribution in [0.1, 0.15) is 39.2 Å². The van der Waals surface area contributed by atoms with Crippen molar-refractivity contribution in [3.05, 3.63) is 31.7 Å². The molecule has 0 radical (unpaired) electrons. The Morgan fingerprint density at radius 1 is 1.38 bits per heavy atom. The Morgan fingerprint density at radius 2 is 2.12 bits per heavy atom. The topological polar surface area (TPSA) is 51.8 Å². The van der Waals surface area contributed by atoms with E-state index in [-0.39, 0.29) is 6.04 Å². The lowest BCUT2D eigenvalue weighted by molar-refractivity contribution is 0.824. The Morgan fingerprint density at radius 3 is 2.62 bits per heavy atom. The van der Waals surface area contributed by atoms with Crippen molar-refractivity contribution in [2.24, 2.45) is 5.73 Å². The van der Waals surface area contributed by atoms with Gasteiger partial charge in [-0.2, -0.15) is 0 Å². The van der Waals surface area contributed by atoms with Gasteiger partial charge in [-0.05, 0) is 20.8 Å². The predicted octanol–water partition coefficient (Wildman–Crippen LogP) is 2.83. The molecule has 0 saturated carbocycles. The van der Waals surface area contributed by atoms with E-state index in [1.54, 1.807) is 22.7 Å². The summed E-state index contributed by atoms with van der Waals surface area (Å²) in [6.45, 7) is 6.04. The standard InChI is InChI=1S/C11H15N3S2/c1-6(12)11-7(2)13-10(16-11)4-9-5-15-8(3)14-9/h5-6H,4,12H2,1-3H3. The van der Waals surface area contributed by atoms with Crippen molar-refractivity contribution in [1.29, 1.82) is 0 Å². The fourth-order valence-corrected chi connectivity index (χ4v) is 3.26. The first-order valence-electron chi connectivity index (χ1n) is 5.19. The highest BCUT2D eigenvalue weighted by Crippen LogP contribution is 2.25. The molecular weight excluding hydrogens is 238 g/mol. The second-order valence-electron chi connectivity index (χ2n) is 3.88. The van der Waals surface area contributed by atoms with E-state index in [4.69, 9.17) is 5.73 Å². The number of thiazole rings is 2.